The normalized spacial score (nSPS) is 22.5. The second-order valence-corrected chi connectivity index (χ2v) is 6.17. The van der Waals surface area contributed by atoms with Gasteiger partial charge >= 0.3 is 0 Å². The van der Waals surface area contributed by atoms with E-state index in [-0.39, 0.29) is 11.8 Å². The van der Waals surface area contributed by atoms with Gasteiger partial charge < -0.3 is 5.32 Å². The molecule has 1 N–H and O–H groups in total. The van der Waals surface area contributed by atoms with Gasteiger partial charge in [-0.25, -0.2) is 5.01 Å². The zero-order chi connectivity index (χ0) is 13.4. The first kappa shape index (κ1) is 14.5. The van der Waals surface area contributed by atoms with E-state index >= 15 is 0 Å². The minimum atomic E-state index is -1.78. The second kappa shape index (κ2) is 5.00. The maximum atomic E-state index is 11.9. The molecule has 0 aromatic rings. The highest BCUT2D eigenvalue weighted by Crippen LogP contribution is 2.36. The predicted molar refractivity (Wildman–Crippen MR) is 67.3 cm³/mol. The monoisotopic (exact) mass is 299 g/mol. The van der Waals surface area contributed by atoms with E-state index in [0.717, 1.165) is 0 Å². The molecule has 0 aliphatic carbocycles. The van der Waals surface area contributed by atoms with E-state index in [1.165, 1.54) is 19.0 Å². The summed E-state index contributed by atoms with van der Waals surface area (Å²) in [5.74, 6) is -1.44. The number of rotatable bonds is 2. The Hall–Kier alpha value is -0.520. The molecule has 5 nitrogen and oxygen atoms in total. The number of hydrazone groups is 1. The minimum absolute atomic E-state index is 0.312. The van der Waals surface area contributed by atoms with E-state index < -0.39 is 15.8 Å². The van der Waals surface area contributed by atoms with Gasteiger partial charge in [0.05, 0.1) is 11.8 Å². The molecule has 0 radical (unpaired) electrons. The molecule has 1 aliphatic heterocycles. The average Bonchev–Trinajstić information content (AvgIpc) is 2.36. The van der Waals surface area contributed by atoms with E-state index in [4.69, 9.17) is 34.8 Å². The molecule has 1 aliphatic rings. The van der Waals surface area contributed by atoms with Gasteiger partial charge in [0, 0.05) is 14.0 Å². The van der Waals surface area contributed by atoms with Gasteiger partial charge in [0.25, 0.3) is 5.91 Å². The van der Waals surface area contributed by atoms with Crippen molar-refractivity contribution in [2.24, 2.45) is 11.0 Å². The molecule has 2 amide bonds. The van der Waals surface area contributed by atoms with Gasteiger partial charge in [-0.15, -0.1) is 0 Å². The van der Waals surface area contributed by atoms with Crippen molar-refractivity contribution >= 4 is 52.3 Å². The Kier molecular flexibility index (Phi) is 4.28. The number of halogens is 3. The fourth-order valence-corrected chi connectivity index (χ4v) is 2.23. The smallest absolute Gasteiger partial charge is 0.253 e. The third-order valence-corrected chi connectivity index (χ3v) is 3.09. The zero-order valence-electron chi connectivity index (χ0n) is 9.50. The number of nitrogens with zero attached hydrogens (tertiary/aromatic N) is 2. The van der Waals surface area contributed by atoms with Crippen LogP contribution in [0.3, 0.4) is 0 Å². The lowest BCUT2D eigenvalue weighted by atomic mass is 9.96. The van der Waals surface area contributed by atoms with Crippen molar-refractivity contribution in [1.82, 2.24) is 10.3 Å². The van der Waals surface area contributed by atoms with Crippen molar-refractivity contribution in [3.05, 3.63) is 0 Å². The maximum absolute atomic E-state index is 11.9. The highest BCUT2D eigenvalue weighted by molar-refractivity contribution is 6.68. The topological polar surface area (TPSA) is 61.8 Å². The molecule has 0 spiro atoms. The Labute approximate surface area is 114 Å². The van der Waals surface area contributed by atoms with Gasteiger partial charge in [-0.2, -0.15) is 5.10 Å². The van der Waals surface area contributed by atoms with Crippen LogP contribution in [0.5, 0.6) is 0 Å². The van der Waals surface area contributed by atoms with Gasteiger partial charge in [-0.05, 0) is 6.92 Å². The van der Waals surface area contributed by atoms with Crippen LogP contribution in [-0.2, 0) is 9.59 Å². The Morgan fingerprint density at radius 1 is 1.53 bits per heavy atom. The maximum Gasteiger partial charge on any atom is 0.253 e. The van der Waals surface area contributed by atoms with Gasteiger partial charge in [0.2, 0.25) is 9.70 Å². The highest BCUT2D eigenvalue weighted by atomic mass is 35.6. The Bertz CT molecular complexity index is 378. The van der Waals surface area contributed by atoms with Gasteiger partial charge in [0.15, 0.2) is 0 Å². The summed E-state index contributed by atoms with van der Waals surface area (Å²) in [5.41, 5.74) is 0.502. The third kappa shape index (κ3) is 3.24. The Morgan fingerprint density at radius 2 is 2.06 bits per heavy atom. The second-order valence-electron chi connectivity index (χ2n) is 3.80. The van der Waals surface area contributed by atoms with Crippen LogP contribution in [0.15, 0.2) is 5.10 Å². The quantitative estimate of drug-likeness (QED) is 0.782. The molecule has 0 aromatic carbocycles. The fraction of sp³-hybridized carbons (Fsp3) is 0.667. The van der Waals surface area contributed by atoms with Crippen LogP contribution in [0.25, 0.3) is 0 Å². The molecule has 2 atom stereocenters. The minimum Gasteiger partial charge on any atom is -0.348 e. The summed E-state index contributed by atoms with van der Waals surface area (Å²) < 4.78 is -1.78. The van der Waals surface area contributed by atoms with Crippen molar-refractivity contribution in [1.29, 1.82) is 0 Å². The number of amides is 2. The summed E-state index contributed by atoms with van der Waals surface area (Å²) in [6, 6.07) is -0.939. The summed E-state index contributed by atoms with van der Waals surface area (Å²) >= 11 is 17.4. The van der Waals surface area contributed by atoms with Crippen molar-refractivity contribution in [3.8, 4) is 0 Å². The first-order valence-corrected chi connectivity index (χ1v) is 5.94. The highest BCUT2D eigenvalue weighted by Gasteiger charge is 2.47. The number of carbonyl (C=O) groups is 2. The summed E-state index contributed by atoms with van der Waals surface area (Å²) in [6.07, 6.45) is 0. The van der Waals surface area contributed by atoms with Gasteiger partial charge in [0.1, 0.15) is 5.92 Å². The van der Waals surface area contributed by atoms with Crippen LogP contribution in [0.4, 0.5) is 0 Å². The molecular weight excluding hydrogens is 288 g/mol. The summed E-state index contributed by atoms with van der Waals surface area (Å²) in [4.78, 5) is 23.0. The molecular formula is C9H12Cl3N3O2. The van der Waals surface area contributed by atoms with Crippen molar-refractivity contribution < 1.29 is 9.59 Å². The van der Waals surface area contributed by atoms with Crippen molar-refractivity contribution in [2.75, 3.05) is 7.05 Å². The summed E-state index contributed by atoms with van der Waals surface area (Å²) in [7, 11) is 1.51. The molecule has 1 heterocycles. The molecule has 0 fully saturated rings. The number of carbonyl (C=O) groups excluding carboxylic acids is 2. The van der Waals surface area contributed by atoms with Crippen LogP contribution in [0.1, 0.15) is 13.8 Å². The molecule has 0 saturated heterocycles. The summed E-state index contributed by atoms with van der Waals surface area (Å²) in [6.45, 7) is 2.94. The van der Waals surface area contributed by atoms with E-state index in [9.17, 15) is 9.59 Å². The predicted octanol–water partition coefficient (Wildman–Crippen LogP) is 1.33. The molecule has 0 saturated carbocycles. The number of hydrogen-bond acceptors (Lipinski definition) is 3. The van der Waals surface area contributed by atoms with Crippen molar-refractivity contribution in [2.45, 2.75) is 23.7 Å². The van der Waals surface area contributed by atoms with Crippen LogP contribution >= 0.6 is 34.8 Å². The van der Waals surface area contributed by atoms with Crippen LogP contribution in [0.2, 0.25) is 0 Å². The Balaban J connectivity index is 3.04. The number of hydrogen-bond donors (Lipinski definition) is 1. The van der Waals surface area contributed by atoms with Crippen LogP contribution in [-0.4, -0.2) is 39.4 Å². The summed E-state index contributed by atoms with van der Waals surface area (Å²) in [5, 5.41) is 7.62. The van der Waals surface area contributed by atoms with E-state index in [2.05, 4.69) is 10.4 Å². The van der Waals surface area contributed by atoms with E-state index in [0.29, 0.717) is 5.71 Å². The lowest BCUT2D eigenvalue weighted by molar-refractivity contribution is -0.131. The largest absolute Gasteiger partial charge is 0.348 e. The Morgan fingerprint density at radius 3 is 2.35 bits per heavy atom. The lowest BCUT2D eigenvalue weighted by Crippen LogP contribution is -2.52. The molecule has 1 rings (SSSR count). The molecule has 17 heavy (non-hydrogen) atoms. The third-order valence-electron chi connectivity index (χ3n) is 2.39. The first-order valence-electron chi connectivity index (χ1n) is 4.81. The zero-order valence-corrected chi connectivity index (χ0v) is 11.8. The SMILES string of the molecule is CC(=O)N[C@H]([C@H]1C(=O)N(C)N=C1C)C(Cl)(Cl)Cl. The number of alkyl halides is 3. The molecule has 8 heteroatoms. The van der Waals surface area contributed by atoms with Crippen LogP contribution < -0.4 is 5.32 Å². The van der Waals surface area contributed by atoms with Crippen molar-refractivity contribution in [3.63, 3.8) is 0 Å². The average molecular weight is 301 g/mol. The molecule has 96 valence electrons. The van der Waals surface area contributed by atoms with Crippen LogP contribution in [0, 0.1) is 5.92 Å². The van der Waals surface area contributed by atoms with E-state index in [1.807, 2.05) is 0 Å². The van der Waals surface area contributed by atoms with E-state index in [1.54, 1.807) is 6.92 Å². The molecule has 0 unspecified atom stereocenters. The molecule has 0 bridgehead atoms. The standard InChI is InChI=1S/C9H12Cl3N3O2/c1-4-6(8(17)15(3)14-4)7(9(10,11)12)13-5(2)16/h6-7H,1-3H3,(H,13,16)/t6-,7+/m0/s1. The first-order chi connectivity index (χ1) is 7.64. The van der Waals surface area contributed by atoms with Gasteiger partial charge in [-0.3, -0.25) is 9.59 Å². The fourth-order valence-electron chi connectivity index (χ4n) is 1.68. The number of nitrogens with one attached hydrogen (secondary N) is 1. The lowest BCUT2D eigenvalue weighted by Gasteiger charge is -2.29. The van der Waals surface area contributed by atoms with Gasteiger partial charge in [-0.1, -0.05) is 34.8 Å². The molecule has 0 aromatic heterocycles.